The van der Waals surface area contributed by atoms with Crippen molar-refractivity contribution in [3.63, 3.8) is 0 Å². The average Bonchev–Trinajstić information content (AvgIpc) is 2.19. The van der Waals surface area contributed by atoms with E-state index in [2.05, 4.69) is 15.9 Å². The molecule has 0 aliphatic carbocycles. The van der Waals surface area contributed by atoms with Gasteiger partial charge in [0.15, 0.2) is 0 Å². The molecule has 1 rings (SSSR count). The van der Waals surface area contributed by atoms with E-state index in [-0.39, 0.29) is 10.0 Å². The summed E-state index contributed by atoms with van der Waals surface area (Å²) < 4.78 is 13.1. The Morgan fingerprint density at radius 2 is 2.19 bits per heavy atom. The molecule has 0 spiro atoms. The Morgan fingerprint density at radius 3 is 2.69 bits per heavy atom. The summed E-state index contributed by atoms with van der Waals surface area (Å²) in [6.45, 7) is 0. The van der Waals surface area contributed by atoms with Crippen molar-refractivity contribution in [1.82, 2.24) is 0 Å². The number of nitrogens with zero attached hydrogens (tertiary/aromatic N) is 1. The van der Waals surface area contributed by atoms with Gasteiger partial charge in [-0.2, -0.15) is 4.39 Å². The molecule has 0 aromatic heterocycles. The molecular weight excluding hydrogens is 285 g/mol. The number of carbonyl (C=O) groups is 1. The van der Waals surface area contributed by atoms with Gasteiger partial charge in [-0.1, -0.05) is 0 Å². The number of halogens is 2. The molecule has 1 aromatic rings. The predicted molar refractivity (Wildman–Crippen MR) is 57.4 cm³/mol. The molecule has 0 atom stereocenters. The monoisotopic (exact) mass is 289 g/mol. The highest BCUT2D eigenvalue weighted by molar-refractivity contribution is 9.10. The molecule has 0 aliphatic heterocycles. The lowest BCUT2D eigenvalue weighted by molar-refractivity contribution is -0.387. The van der Waals surface area contributed by atoms with Crippen molar-refractivity contribution in [3.8, 4) is 0 Å². The van der Waals surface area contributed by atoms with Crippen molar-refractivity contribution in [2.45, 2.75) is 0 Å². The van der Waals surface area contributed by atoms with E-state index in [9.17, 15) is 19.3 Å². The molecule has 0 saturated carbocycles. The van der Waals surface area contributed by atoms with E-state index >= 15 is 0 Å². The Bertz CT molecular complexity index is 487. The van der Waals surface area contributed by atoms with Crippen LogP contribution in [0.1, 0.15) is 5.56 Å². The van der Waals surface area contributed by atoms with Crippen molar-refractivity contribution >= 4 is 33.7 Å². The molecule has 0 radical (unpaired) electrons. The highest BCUT2D eigenvalue weighted by Crippen LogP contribution is 2.27. The van der Waals surface area contributed by atoms with Crippen LogP contribution in [0.2, 0.25) is 0 Å². The second kappa shape index (κ2) is 4.84. The van der Waals surface area contributed by atoms with Gasteiger partial charge in [0.25, 0.3) is 0 Å². The van der Waals surface area contributed by atoms with E-state index in [1.165, 1.54) is 6.07 Å². The van der Waals surface area contributed by atoms with Gasteiger partial charge in [-0.15, -0.1) is 0 Å². The average molecular weight is 290 g/mol. The quantitative estimate of drug-likeness (QED) is 0.527. The molecule has 0 bridgehead atoms. The second-order valence-electron chi connectivity index (χ2n) is 2.76. The van der Waals surface area contributed by atoms with Crippen molar-refractivity contribution in [1.29, 1.82) is 0 Å². The molecule has 0 unspecified atom stereocenters. The Hall–Kier alpha value is -1.76. The van der Waals surface area contributed by atoms with E-state index in [1.807, 2.05) is 0 Å². The van der Waals surface area contributed by atoms with Gasteiger partial charge in [-0.3, -0.25) is 10.1 Å². The number of carboxylic acid groups (broad SMARTS) is 1. The SMILES string of the molecule is O=C(O)/C=C/c1cc(Br)c(F)c([N+](=O)[O-])c1. The third-order valence-electron chi connectivity index (χ3n) is 1.65. The van der Waals surface area contributed by atoms with Gasteiger partial charge < -0.3 is 5.11 Å². The molecule has 5 nitrogen and oxygen atoms in total. The highest BCUT2D eigenvalue weighted by atomic mass is 79.9. The van der Waals surface area contributed by atoms with E-state index in [4.69, 9.17) is 5.11 Å². The summed E-state index contributed by atoms with van der Waals surface area (Å²) in [4.78, 5) is 19.8. The molecule has 1 aromatic carbocycles. The lowest BCUT2D eigenvalue weighted by atomic mass is 10.2. The summed E-state index contributed by atoms with van der Waals surface area (Å²) in [7, 11) is 0. The van der Waals surface area contributed by atoms with Crippen LogP contribution in [0.25, 0.3) is 6.08 Å². The van der Waals surface area contributed by atoms with Crippen LogP contribution < -0.4 is 0 Å². The maximum absolute atomic E-state index is 13.2. The number of nitro groups is 1. The summed E-state index contributed by atoms with van der Waals surface area (Å²) in [6, 6.07) is 2.21. The van der Waals surface area contributed by atoms with Gasteiger partial charge in [0.1, 0.15) is 0 Å². The van der Waals surface area contributed by atoms with Gasteiger partial charge in [0.05, 0.1) is 9.40 Å². The number of nitro benzene ring substituents is 1. The Morgan fingerprint density at radius 1 is 1.56 bits per heavy atom. The fourth-order valence-corrected chi connectivity index (χ4v) is 1.46. The summed E-state index contributed by atoms with van der Waals surface area (Å²) in [5.41, 5.74) is -0.484. The zero-order valence-electron chi connectivity index (χ0n) is 7.68. The molecule has 7 heteroatoms. The van der Waals surface area contributed by atoms with Crippen LogP contribution in [0, 0.1) is 15.9 Å². The smallest absolute Gasteiger partial charge is 0.328 e. The highest BCUT2D eigenvalue weighted by Gasteiger charge is 2.17. The molecular formula is C9H5BrFNO4. The van der Waals surface area contributed by atoms with Gasteiger partial charge in [-0.05, 0) is 33.6 Å². The summed E-state index contributed by atoms with van der Waals surface area (Å²) >= 11 is 2.81. The largest absolute Gasteiger partial charge is 0.478 e. The second-order valence-corrected chi connectivity index (χ2v) is 3.62. The molecule has 0 fully saturated rings. The minimum Gasteiger partial charge on any atom is -0.478 e. The van der Waals surface area contributed by atoms with Crippen LogP contribution in [0.4, 0.5) is 10.1 Å². The molecule has 16 heavy (non-hydrogen) atoms. The third-order valence-corrected chi connectivity index (χ3v) is 2.22. The number of rotatable bonds is 3. The first kappa shape index (κ1) is 12.3. The van der Waals surface area contributed by atoms with Crippen LogP contribution in [0.3, 0.4) is 0 Å². The Kier molecular flexibility index (Phi) is 3.73. The van der Waals surface area contributed by atoms with Gasteiger partial charge in [-0.25, -0.2) is 4.79 Å². The Labute approximate surface area is 97.5 Å². The molecule has 84 valence electrons. The minimum atomic E-state index is -1.19. The van der Waals surface area contributed by atoms with E-state index < -0.39 is 22.4 Å². The molecule has 1 N–H and O–H groups in total. The third kappa shape index (κ3) is 2.86. The van der Waals surface area contributed by atoms with Crippen LogP contribution in [-0.4, -0.2) is 16.0 Å². The fraction of sp³-hybridized carbons (Fsp3) is 0. The fourth-order valence-electron chi connectivity index (χ4n) is 0.992. The lowest BCUT2D eigenvalue weighted by Crippen LogP contribution is -1.94. The predicted octanol–water partition coefficient (Wildman–Crippen LogP) is 2.59. The van der Waals surface area contributed by atoms with E-state index in [0.29, 0.717) is 0 Å². The van der Waals surface area contributed by atoms with Crippen LogP contribution in [-0.2, 0) is 4.79 Å². The molecule has 0 amide bonds. The first-order chi connectivity index (χ1) is 7.41. The lowest BCUT2D eigenvalue weighted by Gasteiger charge is -1.99. The zero-order valence-corrected chi connectivity index (χ0v) is 9.27. The van der Waals surface area contributed by atoms with Crippen molar-refractivity contribution < 1.29 is 19.2 Å². The van der Waals surface area contributed by atoms with Crippen molar-refractivity contribution in [3.05, 3.63) is 44.2 Å². The van der Waals surface area contributed by atoms with Crippen LogP contribution in [0.15, 0.2) is 22.7 Å². The topological polar surface area (TPSA) is 80.4 Å². The van der Waals surface area contributed by atoms with E-state index in [1.54, 1.807) is 0 Å². The normalized spacial score (nSPS) is 10.6. The first-order valence-electron chi connectivity index (χ1n) is 3.96. The van der Waals surface area contributed by atoms with Gasteiger partial charge in [0, 0.05) is 12.1 Å². The first-order valence-corrected chi connectivity index (χ1v) is 4.75. The van der Waals surface area contributed by atoms with Crippen molar-refractivity contribution in [2.75, 3.05) is 0 Å². The Balaban J connectivity index is 3.24. The summed E-state index contributed by atoms with van der Waals surface area (Å²) in [5, 5.41) is 18.8. The van der Waals surface area contributed by atoms with E-state index in [0.717, 1.165) is 18.2 Å². The zero-order chi connectivity index (χ0) is 12.3. The molecule has 0 aliphatic rings. The number of carboxylic acids is 1. The molecule has 0 heterocycles. The van der Waals surface area contributed by atoms with Gasteiger partial charge in [0.2, 0.25) is 5.82 Å². The van der Waals surface area contributed by atoms with Crippen LogP contribution >= 0.6 is 15.9 Å². The number of hydrogen-bond acceptors (Lipinski definition) is 3. The summed E-state index contributed by atoms with van der Waals surface area (Å²) in [5.74, 6) is -2.18. The van der Waals surface area contributed by atoms with Crippen molar-refractivity contribution in [2.24, 2.45) is 0 Å². The molecule has 0 saturated heterocycles. The van der Waals surface area contributed by atoms with Crippen LogP contribution in [0.5, 0.6) is 0 Å². The maximum Gasteiger partial charge on any atom is 0.328 e. The number of benzene rings is 1. The van der Waals surface area contributed by atoms with Gasteiger partial charge >= 0.3 is 11.7 Å². The number of hydrogen-bond donors (Lipinski definition) is 1. The minimum absolute atomic E-state index is 0.0910. The number of aliphatic carboxylic acids is 1. The summed E-state index contributed by atoms with van der Waals surface area (Å²) in [6.07, 6.45) is 1.95. The standard InChI is InChI=1S/C9H5BrFNO4/c10-6-3-5(1-2-8(13)14)4-7(9(6)11)12(15)16/h1-4H,(H,13,14)/b2-1+. The maximum atomic E-state index is 13.2.